The summed E-state index contributed by atoms with van der Waals surface area (Å²) in [7, 11) is 0. The van der Waals surface area contributed by atoms with E-state index < -0.39 is 6.04 Å². The lowest BCUT2D eigenvalue weighted by Crippen LogP contribution is -2.51. The number of amides is 2. The predicted octanol–water partition coefficient (Wildman–Crippen LogP) is 4.61. The summed E-state index contributed by atoms with van der Waals surface area (Å²) in [4.78, 5) is 28.8. The van der Waals surface area contributed by atoms with E-state index in [1.807, 2.05) is 37.3 Å². The molecular formula is C25H32N2O2S. The summed E-state index contributed by atoms with van der Waals surface area (Å²) in [5.41, 5.74) is 2.37. The molecule has 1 saturated carbocycles. The highest BCUT2D eigenvalue weighted by Crippen LogP contribution is 2.21. The highest BCUT2D eigenvalue weighted by Gasteiger charge is 2.28. The maximum absolute atomic E-state index is 13.1. The number of hydrogen-bond acceptors (Lipinski definition) is 3. The van der Waals surface area contributed by atoms with Crippen molar-refractivity contribution in [2.75, 3.05) is 12.3 Å². The molecule has 3 rings (SSSR count). The standard InChI is InChI=1S/C25H32N2O2S/c1-19-12-14-23(15-13-19)30-18-24(28)27(17-16-21-8-4-3-5-9-21)20(2)25(29)26-22-10-6-7-11-22/h3-5,8-9,12-15,20,22H,6-7,10-11,16-18H2,1-2H3,(H,26,29). The van der Waals surface area contributed by atoms with Gasteiger partial charge >= 0.3 is 0 Å². The third kappa shape index (κ3) is 6.63. The highest BCUT2D eigenvalue weighted by atomic mass is 32.2. The fraction of sp³-hybridized carbons (Fsp3) is 0.440. The zero-order valence-electron chi connectivity index (χ0n) is 18.0. The Hall–Kier alpha value is -2.27. The number of nitrogens with one attached hydrogen (secondary N) is 1. The number of aryl methyl sites for hydroxylation is 1. The van der Waals surface area contributed by atoms with E-state index >= 15 is 0 Å². The van der Waals surface area contributed by atoms with Crippen LogP contribution in [0.15, 0.2) is 59.5 Å². The minimum Gasteiger partial charge on any atom is -0.352 e. The minimum atomic E-state index is -0.472. The second-order valence-corrected chi connectivity index (χ2v) is 9.14. The van der Waals surface area contributed by atoms with Gasteiger partial charge in [0.05, 0.1) is 5.75 Å². The lowest BCUT2D eigenvalue weighted by Gasteiger charge is -2.29. The first-order chi connectivity index (χ1) is 14.5. The van der Waals surface area contributed by atoms with Crippen molar-refractivity contribution in [3.05, 3.63) is 65.7 Å². The Kier molecular flexibility index (Phi) is 8.38. The molecule has 0 aromatic heterocycles. The molecule has 1 unspecified atom stereocenters. The fourth-order valence-electron chi connectivity index (χ4n) is 3.82. The summed E-state index contributed by atoms with van der Waals surface area (Å²) < 4.78 is 0. The molecule has 0 heterocycles. The number of thioether (sulfide) groups is 1. The van der Waals surface area contributed by atoms with Gasteiger partial charge in [-0.2, -0.15) is 0 Å². The van der Waals surface area contributed by atoms with Gasteiger partial charge in [-0.05, 0) is 50.8 Å². The molecule has 0 saturated heterocycles. The van der Waals surface area contributed by atoms with Gasteiger partial charge in [0.1, 0.15) is 6.04 Å². The summed E-state index contributed by atoms with van der Waals surface area (Å²) in [6.07, 6.45) is 5.16. The van der Waals surface area contributed by atoms with Crippen molar-refractivity contribution in [3.63, 3.8) is 0 Å². The molecule has 30 heavy (non-hydrogen) atoms. The van der Waals surface area contributed by atoms with Crippen molar-refractivity contribution in [3.8, 4) is 0 Å². The van der Waals surface area contributed by atoms with E-state index in [1.165, 1.54) is 35.7 Å². The Bertz CT molecular complexity index is 817. The third-order valence-corrected chi connectivity index (χ3v) is 6.73. The molecule has 4 nitrogen and oxygen atoms in total. The lowest BCUT2D eigenvalue weighted by molar-refractivity contribution is -0.138. The smallest absolute Gasteiger partial charge is 0.242 e. The van der Waals surface area contributed by atoms with Crippen LogP contribution in [0.25, 0.3) is 0 Å². The largest absolute Gasteiger partial charge is 0.352 e. The summed E-state index contributed by atoms with van der Waals surface area (Å²) in [5, 5.41) is 3.15. The highest BCUT2D eigenvalue weighted by molar-refractivity contribution is 8.00. The third-order valence-electron chi connectivity index (χ3n) is 5.74. The first-order valence-electron chi connectivity index (χ1n) is 10.9. The zero-order chi connectivity index (χ0) is 21.3. The topological polar surface area (TPSA) is 49.4 Å². The number of benzene rings is 2. The molecule has 160 valence electrons. The van der Waals surface area contributed by atoms with Crippen LogP contribution in [-0.2, 0) is 16.0 Å². The maximum atomic E-state index is 13.1. The van der Waals surface area contributed by atoms with Gasteiger partial charge < -0.3 is 10.2 Å². The van der Waals surface area contributed by atoms with Crippen LogP contribution in [0.2, 0.25) is 0 Å². The van der Waals surface area contributed by atoms with Crippen molar-refractivity contribution >= 4 is 23.6 Å². The van der Waals surface area contributed by atoms with E-state index in [1.54, 1.807) is 4.90 Å². The number of nitrogens with zero attached hydrogens (tertiary/aromatic N) is 1. The average Bonchev–Trinajstić information content (AvgIpc) is 3.27. The second-order valence-electron chi connectivity index (χ2n) is 8.09. The van der Waals surface area contributed by atoms with Crippen LogP contribution in [0.5, 0.6) is 0 Å². The maximum Gasteiger partial charge on any atom is 0.242 e. The van der Waals surface area contributed by atoms with Crippen molar-refractivity contribution in [2.45, 2.75) is 62.9 Å². The minimum absolute atomic E-state index is 0.00516. The molecule has 0 spiro atoms. The molecule has 1 aliphatic carbocycles. The van der Waals surface area contributed by atoms with Gasteiger partial charge in [0.15, 0.2) is 0 Å². The first-order valence-corrected chi connectivity index (χ1v) is 11.8. The average molecular weight is 425 g/mol. The van der Waals surface area contributed by atoms with E-state index in [9.17, 15) is 9.59 Å². The van der Waals surface area contributed by atoms with Crippen LogP contribution in [0.4, 0.5) is 0 Å². The molecule has 0 radical (unpaired) electrons. The van der Waals surface area contributed by atoms with Crippen LogP contribution in [0.1, 0.15) is 43.7 Å². The Morgan fingerprint density at radius 2 is 1.73 bits per heavy atom. The molecule has 2 aromatic carbocycles. The van der Waals surface area contributed by atoms with Crippen LogP contribution in [0.3, 0.4) is 0 Å². The first kappa shape index (κ1) is 22.4. The zero-order valence-corrected chi connectivity index (χ0v) is 18.8. The molecule has 1 N–H and O–H groups in total. The quantitative estimate of drug-likeness (QED) is 0.598. The van der Waals surface area contributed by atoms with Crippen molar-refractivity contribution < 1.29 is 9.59 Å². The SMILES string of the molecule is Cc1ccc(SCC(=O)N(CCc2ccccc2)C(C)C(=O)NC2CCCC2)cc1. The van der Waals surface area contributed by atoms with Crippen molar-refractivity contribution in [2.24, 2.45) is 0 Å². The summed E-state index contributed by atoms with van der Waals surface area (Å²) in [6.45, 7) is 4.44. The van der Waals surface area contributed by atoms with Gasteiger partial charge in [0.2, 0.25) is 11.8 Å². The van der Waals surface area contributed by atoms with E-state index in [0.717, 1.165) is 24.2 Å². The van der Waals surface area contributed by atoms with Crippen LogP contribution in [0, 0.1) is 6.92 Å². The van der Waals surface area contributed by atoms with Crippen LogP contribution in [-0.4, -0.2) is 41.1 Å². The Morgan fingerprint density at radius 3 is 2.40 bits per heavy atom. The van der Waals surface area contributed by atoms with Gasteiger partial charge in [-0.1, -0.05) is 60.9 Å². The fourth-order valence-corrected chi connectivity index (χ4v) is 4.61. The van der Waals surface area contributed by atoms with Crippen molar-refractivity contribution in [1.82, 2.24) is 10.2 Å². The van der Waals surface area contributed by atoms with E-state index in [4.69, 9.17) is 0 Å². The number of carbonyl (C=O) groups is 2. The van der Waals surface area contributed by atoms with Gasteiger partial charge in [0, 0.05) is 17.5 Å². The normalized spacial score (nSPS) is 15.0. The van der Waals surface area contributed by atoms with Gasteiger partial charge in [0.25, 0.3) is 0 Å². The van der Waals surface area contributed by atoms with Gasteiger partial charge in [-0.15, -0.1) is 11.8 Å². The Labute approximate surface area is 184 Å². The number of carbonyl (C=O) groups excluding carboxylic acids is 2. The Balaban J connectivity index is 1.64. The predicted molar refractivity (Wildman–Crippen MR) is 124 cm³/mol. The van der Waals surface area contributed by atoms with Crippen molar-refractivity contribution in [1.29, 1.82) is 0 Å². The molecule has 1 fully saturated rings. The molecule has 2 amide bonds. The van der Waals surface area contributed by atoms with Crippen LogP contribution >= 0.6 is 11.8 Å². The van der Waals surface area contributed by atoms with E-state index in [-0.39, 0.29) is 17.9 Å². The van der Waals surface area contributed by atoms with E-state index in [0.29, 0.717) is 12.3 Å². The van der Waals surface area contributed by atoms with Gasteiger partial charge in [-0.3, -0.25) is 9.59 Å². The summed E-state index contributed by atoms with van der Waals surface area (Å²) >= 11 is 1.53. The number of hydrogen-bond donors (Lipinski definition) is 1. The molecule has 2 aromatic rings. The molecule has 1 aliphatic rings. The summed E-state index contributed by atoms with van der Waals surface area (Å²) in [6, 6.07) is 18.1. The van der Waals surface area contributed by atoms with E-state index in [2.05, 4.69) is 36.5 Å². The second kappa shape index (κ2) is 11.2. The molecule has 0 bridgehead atoms. The van der Waals surface area contributed by atoms with Crippen LogP contribution < -0.4 is 5.32 Å². The molecule has 5 heteroatoms. The molecule has 1 atom stereocenters. The number of rotatable bonds is 9. The molecular weight excluding hydrogens is 392 g/mol. The molecule has 0 aliphatic heterocycles. The summed E-state index contributed by atoms with van der Waals surface area (Å²) in [5.74, 6) is 0.299. The Morgan fingerprint density at radius 1 is 1.07 bits per heavy atom. The lowest BCUT2D eigenvalue weighted by atomic mass is 10.1. The van der Waals surface area contributed by atoms with Gasteiger partial charge in [-0.25, -0.2) is 0 Å². The monoisotopic (exact) mass is 424 g/mol.